The molecule has 2 unspecified atom stereocenters. The Labute approximate surface area is 170 Å². The van der Waals surface area contributed by atoms with Gasteiger partial charge >= 0.3 is 0 Å². The highest BCUT2D eigenvalue weighted by atomic mass is 16.4. The second-order valence-corrected chi connectivity index (χ2v) is 8.64. The molecule has 0 radical (unpaired) electrons. The smallest absolute Gasteiger partial charge is 0.266 e. The van der Waals surface area contributed by atoms with Gasteiger partial charge in [0.1, 0.15) is 6.07 Å². The van der Waals surface area contributed by atoms with Gasteiger partial charge in [0.15, 0.2) is 5.76 Å². The molecule has 152 valence electrons. The van der Waals surface area contributed by atoms with Crippen molar-refractivity contribution in [2.45, 2.75) is 27.7 Å². The Bertz CT molecular complexity index is 968. The molecule has 4 rings (SSSR count). The molecule has 2 aromatic rings. The van der Waals surface area contributed by atoms with E-state index in [0.717, 1.165) is 0 Å². The third-order valence-corrected chi connectivity index (χ3v) is 6.02. The molecule has 1 saturated heterocycles. The lowest BCUT2D eigenvalue weighted by Gasteiger charge is -2.35. The minimum atomic E-state index is 0.0162. The molecule has 0 spiro atoms. The maximum absolute atomic E-state index is 13.1. The van der Waals surface area contributed by atoms with Crippen LogP contribution in [0.1, 0.15) is 33.4 Å². The predicted octanol–water partition coefficient (Wildman–Crippen LogP) is 3.69. The molecule has 2 aromatic heterocycles. The Morgan fingerprint density at radius 3 is 2.62 bits per heavy atom. The van der Waals surface area contributed by atoms with Gasteiger partial charge in [0.25, 0.3) is 5.89 Å². The molecule has 1 aliphatic carbocycles. The predicted molar refractivity (Wildman–Crippen MR) is 108 cm³/mol. The van der Waals surface area contributed by atoms with Crippen molar-refractivity contribution in [3.05, 3.63) is 35.7 Å². The summed E-state index contributed by atoms with van der Waals surface area (Å²) in [5, 5.41) is 9.44. The lowest BCUT2D eigenvalue weighted by molar-refractivity contribution is -0.133. The van der Waals surface area contributed by atoms with Gasteiger partial charge < -0.3 is 18.6 Å². The third kappa shape index (κ3) is 3.44. The summed E-state index contributed by atoms with van der Waals surface area (Å²) in [6.45, 7) is 10.9. The zero-order valence-corrected chi connectivity index (χ0v) is 17.3. The van der Waals surface area contributed by atoms with Crippen molar-refractivity contribution >= 4 is 11.8 Å². The van der Waals surface area contributed by atoms with Crippen LogP contribution in [0.25, 0.3) is 11.7 Å². The number of nitrogens with zero attached hydrogens (tertiary/aromatic N) is 4. The molecule has 0 N–H and O–H groups in total. The number of anilines is 1. The molecule has 2 fully saturated rings. The van der Waals surface area contributed by atoms with Crippen LogP contribution in [0.4, 0.5) is 5.88 Å². The van der Waals surface area contributed by atoms with Crippen LogP contribution in [0, 0.1) is 28.6 Å². The number of hydrogen-bond donors (Lipinski definition) is 0. The number of nitriles is 1. The number of oxazole rings is 1. The van der Waals surface area contributed by atoms with Crippen molar-refractivity contribution in [1.82, 2.24) is 9.88 Å². The number of carbonyl (C=O) groups is 1. The van der Waals surface area contributed by atoms with Gasteiger partial charge in [-0.15, -0.1) is 0 Å². The monoisotopic (exact) mass is 394 g/mol. The van der Waals surface area contributed by atoms with E-state index in [1.54, 1.807) is 12.1 Å². The fourth-order valence-corrected chi connectivity index (χ4v) is 4.25. The maximum atomic E-state index is 13.1. The molecule has 0 aromatic carbocycles. The first kappa shape index (κ1) is 19.3. The van der Waals surface area contributed by atoms with E-state index < -0.39 is 0 Å². The summed E-state index contributed by atoms with van der Waals surface area (Å²) in [6.07, 6.45) is 3.76. The number of rotatable bonds is 4. The molecule has 1 saturated carbocycles. The molecular weight excluding hydrogens is 368 g/mol. The first-order valence-electron chi connectivity index (χ1n) is 9.96. The molecule has 1 amide bonds. The fraction of sp³-hybridized carbons (Fsp3) is 0.500. The molecule has 3 heterocycles. The summed E-state index contributed by atoms with van der Waals surface area (Å²) in [5.74, 6) is 1.82. The van der Waals surface area contributed by atoms with Gasteiger partial charge in [-0.05, 0) is 37.3 Å². The first-order chi connectivity index (χ1) is 13.8. The number of amides is 1. The van der Waals surface area contributed by atoms with E-state index in [9.17, 15) is 10.1 Å². The van der Waals surface area contributed by atoms with Gasteiger partial charge in [0.05, 0.1) is 12.2 Å². The summed E-state index contributed by atoms with van der Waals surface area (Å²) in [6, 6.07) is 5.59. The number of hydrogen-bond acceptors (Lipinski definition) is 6. The van der Waals surface area contributed by atoms with Gasteiger partial charge in [-0.2, -0.15) is 10.2 Å². The molecule has 0 bridgehead atoms. The average molecular weight is 394 g/mol. The Kier molecular flexibility index (Phi) is 4.73. The lowest BCUT2D eigenvalue weighted by atomic mass is 10.1. The van der Waals surface area contributed by atoms with Crippen LogP contribution in [0.5, 0.6) is 0 Å². The van der Waals surface area contributed by atoms with Crippen LogP contribution in [-0.4, -0.2) is 42.0 Å². The van der Waals surface area contributed by atoms with Gasteiger partial charge in [0.2, 0.25) is 17.5 Å². The number of allylic oxidation sites excluding steroid dienone is 2. The Morgan fingerprint density at radius 1 is 1.31 bits per heavy atom. The van der Waals surface area contributed by atoms with Gasteiger partial charge in [-0.1, -0.05) is 25.5 Å². The minimum absolute atomic E-state index is 0.0162. The van der Waals surface area contributed by atoms with Crippen molar-refractivity contribution in [2.75, 3.05) is 31.1 Å². The highest BCUT2D eigenvalue weighted by Gasteiger charge is 2.61. The Hall–Kier alpha value is -3.01. The first-order valence-corrected chi connectivity index (χ1v) is 9.96. The molecule has 2 aliphatic rings. The fourth-order valence-electron chi connectivity index (χ4n) is 4.25. The lowest BCUT2D eigenvalue weighted by Crippen LogP contribution is -2.49. The van der Waals surface area contributed by atoms with Crippen molar-refractivity contribution in [1.29, 1.82) is 5.26 Å². The molecule has 1 aliphatic heterocycles. The summed E-state index contributed by atoms with van der Waals surface area (Å²) < 4.78 is 11.1. The van der Waals surface area contributed by atoms with Crippen molar-refractivity contribution in [3.63, 3.8) is 0 Å². The largest absolute Gasteiger partial charge is 0.459 e. The van der Waals surface area contributed by atoms with Crippen LogP contribution in [-0.2, 0) is 4.79 Å². The number of aromatic nitrogens is 1. The second-order valence-electron chi connectivity index (χ2n) is 8.64. The highest BCUT2D eigenvalue weighted by molar-refractivity contribution is 5.84. The summed E-state index contributed by atoms with van der Waals surface area (Å²) in [4.78, 5) is 21.2. The van der Waals surface area contributed by atoms with Crippen molar-refractivity contribution in [3.8, 4) is 17.7 Å². The topological polar surface area (TPSA) is 86.5 Å². The molecule has 2 atom stereocenters. The minimum Gasteiger partial charge on any atom is -0.459 e. The zero-order chi connectivity index (χ0) is 20.8. The van der Waals surface area contributed by atoms with E-state index in [-0.39, 0.29) is 22.9 Å². The maximum Gasteiger partial charge on any atom is 0.266 e. The molecule has 29 heavy (non-hydrogen) atoms. The number of carbonyl (C=O) groups excluding carboxylic acids is 1. The van der Waals surface area contributed by atoms with Crippen molar-refractivity contribution in [2.24, 2.45) is 17.3 Å². The van der Waals surface area contributed by atoms with Crippen LogP contribution in [0.2, 0.25) is 0 Å². The van der Waals surface area contributed by atoms with Crippen LogP contribution in [0.15, 0.2) is 38.9 Å². The van der Waals surface area contributed by atoms with Gasteiger partial charge in [-0.3, -0.25) is 4.79 Å². The van der Waals surface area contributed by atoms with Crippen LogP contribution < -0.4 is 4.90 Å². The van der Waals surface area contributed by atoms with E-state index in [1.165, 1.54) is 11.8 Å². The molecule has 7 nitrogen and oxygen atoms in total. The normalized spacial score (nSPS) is 22.9. The third-order valence-electron chi connectivity index (χ3n) is 6.02. The zero-order valence-electron chi connectivity index (χ0n) is 17.3. The second kappa shape index (κ2) is 7.11. The van der Waals surface area contributed by atoms with E-state index in [0.29, 0.717) is 49.6 Å². The summed E-state index contributed by atoms with van der Waals surface area (Å²) >= 11 is 0. The van der Waals surface area contributed by atoms with Crippen LogP contribution in [0.3, 0.4) is 0 Å². The van der Waals surface area contributed by atoms with E-state index in [4.69, 9.17) is 8.83 Å². The van der Waals surface area contributed by atoms with Crippen LogP contribution >= 0.6 is 0 Å². The van der Waals surface area contributed by atoms with Gasteiger partial charge in [0, 0.05) is 26.2 Å². The van der Waals surface area contributed by atoms with Gasteiger partial charge in [-0.25, -0.2) is 0 Å². The summed E-state index contributed by atoms with van der Waals surface area (Å²) in [7, 11) is 0. The standard InChI is InChI=1S/C22H26N4O3/c1-14(2)12-15-18(22(15,3)4)20(27)25-7-9-26(10-8-25)21-16(13-23)24-19(29-21)17-6-5-11-28-17/h5-6,11-12,15,18H,7-10H2,1-4H3. The Morgan fingerprint density at radius 2 is 2.03 bits per heavy atom. The number of piperazine rings is 1. The van der Waals surface area contributed by atoms with E-state index >= 15 is 0 Å². The number of furan rings is 1. The quantitative estimate of drug-likeness (QED) is 0.735. The SMILES string of the molecule is CC(C)=CC1C(C(=O)N2CCN(c3oc(-c4ccco4)nc3C#N)CC2)C1(C)C. The Balaban J connectivity index is 1.43. The highest BCUT2D eigenvalue weighted by Crippen LogP contribution is 2.60. The summed E-state index contributed by atoms with van der Waals surface area (Å²) in [5.41, 5.74) is 1.51. The molecule has 7 heteroatoms. The molecular formula is C22H26N4O3. The average Bonchev–Trinajstić information content (AvgIpc) is 3.16. The van der Waals surface area contributed by atoms with E-state index in [1.807, 2.05) is 9.80 Å². The van der Waals surface area contributed by atoms with E-state index in [2.05, 4.69) is 44.8 Å². The van der Waals surface area contributed by atoms with Crippen molar-refractivity contribution < 1.29 is 13.6 Å².